The van der Waals surface area contributed by atoms with Gasteiger partial charge in [-0.3, -0.25) is 4.79 Å². The third-order valence-electron chi connectivity index (χ3n) is 4.22. The molecule has 0 aliphatic carbocycles. The first kappa shape index (κ1) is 15.5. The summed E-state index contributed by atoms with van der Waals surface area (Å²) in [5.41, 5.74) is 1.53. The van der Waals surface area contributed by atoms with Gasteiger partial charge in [-0.25, -0.2) is 4.98 Å². The zero-order valence-electron chi connectivity index (χ0n) is 12.9. The molecule has 0 atom stereocenters. The number of rotatable bonds is 2. The maximum absolute atomic E-state index is 12.8. The number of thiazole rings is 1. The van der Waals surface area contributed by atoms with Gasteiger partial charge >= 0.3 is 0 Å². The predicted molar refractivity (Wildman–Crippen MR) is 95.8 cm³/mol. The summed E-state index contributed by atoms with van der Waals surface area (Å²) < 4.78 is 5.69. The fourth-order valence-electron chi connectivity index (χ4n) is 2.95. The fourth-order valence-corrected chi connectivity index (χ4v) is 3.83. The van der Waals surface area contributed by atoms with Crippen molar-refractivity contribution in [3.8, 4) is 5.75 Å². The summed E-state index contributed by atoms with van der Waals surface area (Å²) in [6, 6.07) is 5.45. The van der Waals surface area contributed by atoms with Gasteiger partial charge in [0, 0.05) is 48.3 Å². The topological polar surface area (TPSA) is 45.7 Å². The largest absolute Gasteiger partial charge is 0.488 e. The zero-order chi connectivity index (χ0) is 16.5. The van der Waals surface area contributed by atoms with Crippen LogP contribution in [-0.2, 0) is 4.79 Å². The van der Waals surface area contributed by atoms with Gasteiger partial charge in [0.15, 0.2) is 5.13 Å². The lowest BCUT2D eigenvalue weighted by atomic mass is 10.1. The van der Waals surface area contributed by atoms with Crippen LogP contribution in [0.3, 0.4) is 0 Å². The van der Waals surface area contributed by atoms with E-state index in [1.165, 1.54) is 0 Å². The van der Waals surface area contributed by atoms with E-state index in [1.54, 1.807) is 17.4 Å². The van der Waals surface area contributed by atoms with Crippen molar-refractivity contribution < 1.29 is 9.53 Å². The van der Waals surface area contributed by atoms with E-state index in [9.17, 15) is 4.79 Å². The molecule has 1 saturated heterocycles. The van der Waals surface area contributed by atoms with Gasteiger partial charge in [0.2, 0.25) is 0 Å². The minimum absolute atomic E-state index is 0.0411. The Morgan fingerprint density at radius 1 is 1.25 bits per heavy atom. The van der Waals surface area contributed by atoms with Gasteiger partial charge in [0.1, 0.15) is 12.4 Å². The summed E-state index contributed by atoms with van der Waals surface area (Å²) >= 11 is 7.66. The average molecular weight is 362 g/mol. The second-order valence-corrected chi connectivity index (χ2v) is 7.04. The minimum Gasteiger partial charge on any atom is -0.488 e. The molecule has 0 radical (unpaired) electrons. The first-order valence-corrected chi connectivity index (χ1v) is 9.03. The first-order valence-electron chi connectivity index (χ1n) is 7.77. The van der Waals surface area contributed by atoms with Crippen LogP contribution in [0.5, 0.6) is 5.75 Å². The normalized spacial score (nSPS) is 17.1. The van der Waals surface area contributed by atoms with E-state index in [1.807, 2.05) is 34.7 Å². The highest BCUT2D eigenvalue weighted by atomic mass is 35.5. The number of hydrogen-bond donors (Lipinski definition) is 0. The number of amides is 1. The standard InChI is InChI=1S/C17H16ClN3O2S/c18-14-1-2-15-12(10-14)9-13(11-23-15)16(22)20-4-6-21(7-5-20)17-19-3-8-24-17/h1-3,8-10H,4-7,11H2. The molecule has 1 aromatic heterocycles. The number of halogens is 1. The molecular weight excluding hydrogens is 346 g/mol. The van der Waals surface area contributed by atoms with Gasteiger partial charge in [-0.05, 0) is 24.3 Å². The Morgan fingerprint density at radius 2 is 2.08 bits per heavy atom. The Morgan fingerprint density at radius 3 is 2.83 bits per heavy atom. The number of nitrogens with zero attached hydrogens (tertiary/aromatic N) is 3. The molecule has 2 aromatic rings. The van der Waals surface area contributed by atoms with Crippen LogP contribution in [0.1, 0.15) is 5.56 Å². The lowest BCUT2D eigenvalue weighted by Crippen LogP contribution is -2.49. The molecular formula is C17H16ClN3O2S. The van der Waals surface area contributed by atoms with E-state index >= 15 is 0 Å². The van der Waals surface area contributed by atoms with Crippen LogP contribution < -0.4 is 9.64 Å². The smallest absolute Gasteiger partial charge is 0.253 e. The van der Waals surface area contributed by atoms with E-state index in [2.05, 4.69) is 9.88 Å². The maximum atomic E-state index is 12.8. The summed E-state index contributed by atoms with van der Waals surface area (Å²) in [6.45, 7) is 3.29. The summed E-state index contributed by atoms with van der Waals surface area (Å²) in [7, 11) is 0. The van der Waals surface area contributed by atoms with Gasteiger partial charge in [0.25, 0.3) is 5.91 Å². The molecule has 1 fully saturated rings. The Balaban J connectivity index is 1.45. The molecule has 7 heteroatoms. The number of ether oxygens (including phenoxy) is 1. The molecule has 0 saturated carbocycles. The van der Waals surface area contributed by atoms with Crippen LogP contribution in [0.4, 0.5) is 5.13 Å². The van der Waals surface area contributed by atoms with Crippen LogP contribution >= 0.6 is 22.9 Å². The minimum atomic E-state index is 0.0411. The molecule has 24 heavy (non-hydrogen) atoms. The molecule has 3 heterocycles. The second kappa shape index (κ2) is 6.45. The SMILES string of the molecule is O=C(C1=Cc2cc(Cl)ccc2OC1)N1CCN(c2nccs2)CC1. The second-order valence-electron chi connectivity index (χ2n) is 5.73. The van der Waals surface area contributed by atoms with E-state index in [0.29, 0.717) is 30.3 Å². The van der Waals surface area contributed by atoms with Crippen LogP contribution in [0.25, 0.3) is 6.08 Å². The molecule has 0 N–H and O–H groups in total. The molecule has 4 rings (SSSR count). The first-order chi connectivity index (χ1) is 11.7. The molecule has 2 aliphatic heterocycles. The summed E-state index contributed by atoms with van der Waals surface area (Å²) in [6.07, 6.45) is 3.70. The third-order valence-corrected chi connectivity index (χ3v) is 5.28. The van der Waals surface area contributed by atoms with E-state index in [0.717, 1.165) is 29.5 Å². The lowest BCUT2D eigenvalue weighted by molar-refractivity contribution is -0.127. The Bertz CT molecular complexity index is 783. The molecule has 2 aliphatic rings. The number of carbonyl (C=O) groups is 1. The van der Waals surface area contributed by atoms with Gasteiger partial charge in [0.05, 0.1) is 5.57 Å². The van der Waals surface area contributed by atoms with Gasteiger partial charge in [-0.15, -0.1) is 11.3 Å². The van der Waals surface area contributed by atoms with Crippen molar-refractivity contribution >= 4 is 40.1 Å². The molecule has 0 unspecified atom stereocenters. The van der Waals surface area contributed by atoms with E-state index in [4.69, 9.17) is 16.3 Å². The number of hydrogen-bond acceptors (Lipinski definition) is 5. The van der Waals surface area contributed by atoms with Crippen LogP contribution in [0.2, 0.25) is 5.02 Å². The number of fused-ring (bicyclic) bond motifs is 1. The summed E-state index contributed by atoms with van der Waals surface area (Å²) in [5.74, 6) is 0.809. The van der Waals surface area contributed by atoms with E-state index in [-0.39, 0.29) is 5.91 Å². The van der Waals surface area contributed by atoms with Crippen LogP contribution in [-0.4, -0.2) is 48.6 Å². The predicted octanol–water partition coefficient (Wildman–Crippen LogP) is 2.92. The van der Waals surface area contributed by atoms with Gasteiger partial charge < -0.3 is 14.5 Å². The van der Waals surface area contributed by atoms with Crippen LogP contribution in [0.15, 0.2) is 35.3 Å². The summed E-state index contributed by atoms with van der Waals surface area (Å²) in [5, 5.41) is 3.63. The van der Waals surface area contributed by atoms with Crippen molar-refractivity contribution in [2.24, 2.45) is 0 Å². The van der Waals surface area contributed by atoms with Crippen LogP contribution in [0, 0.1) is 0 Å². The van der Waals surface area contributed by atoms with Crippen molar-refractivity contribution in [3.05, 3.63) is 45.9 Å². The molecule has 5 nitrogen and oxygen atoms in total. The number of piperazine rings is 1. The zero-order valence-corrected chi connectivity index (χ0v) is 14.5. The fraction of sp³-hybridized carbons (Fsp3) is 0.294. The van der Waals surface area contributed by atoms with Crippen molar-refractivity contribution in [3.63, 3.8) is 0 Å². The molecule has 1 aromatic carbocycles. The Labute approximate surface area is 149 Å². The molecule has 0 bridgehead atoms. The number of benzene rings is 1. The summed E-state index contributed by atoms with van der Waals surface area (Å²) in [4.78, 5) is 21.2. The van der Waals surface area contributed by atoms with Crippen molar-refractivity contribution in [2.45, 2.75) is 0 Å². The lowest BCUT2D eigenvalue weighted by Gasteiger charge is -2.35. The van der Waals surface area contributed by atoms with Gasteiger partial charge in [-0.1, -0.05) is 11.6 Å². The number of carbonyl (C=O) groups excluding carboxylic acids is 1. The molecule has 0 spiro atoms. The monoisotopic (exact) mass is 361 g/mol. The molecule has 1 amide bonds. The Hall–Kier alpha value is -2.05. The average Bonchev–Trinajstić information content (AvgIpc) is 3.15. The van der Waals surface area contributed by atoms with E-state index < -0.39 is 0 Å². The van der Waals surface area contributed by atoms with Crippen molar-refractivity contribution in [1.82, 2.24) is 9.88 Å². The highest BCUT2D eigenvalue weighted by Gasteiger charge is 2.26. The highest BCUT2D eigenvalue weighted by Crippen LogP contribution is 2.29. The molecule has 124 valence electrons. The Kier molecular flexibility index (Phi) is 4.16. The number of anilines is 1. The quantitative estimate of drug-likeness (QED) is 0.825. The van der Waals surface area contributed by atoms with Crippen molar-refractivity contribution in [2.75, 3.05) is 37.7 Å². The van der Waals surface area contributed by atoms with Gasteiger partial charge in [-0.2, -0.15) is 0 Å². The highest BCUT2D eigenvalue weighted by molar-refractivity contribution is 7.13. The third kappa shape index (κ3) is 2.99. The number of aromatic nitrogens is 1. The van der Waals surface area contributed by atoms with Crippen molar-refractivity contribution in [1.29, 1.82) is 0 Å². The maximum Gasteiger partial charge on any atom is 0.253 e.